The van der Waals surface area contributed by atoms with E-state index in [1.165, 1.54) is 16.5 Å². The summed E-state index contributed by atoms with van der Waals surface area (Å²) in [6, 6.07) is 11.2. The van der Waals surface area contributed by atoms with E-state index in [1.807, 2.05) is 32.2 Å². The topological polar surface area (TPSA) is 179 Å². The van der Waals surface area contributed by atoms with Gasteiger partial charge in [-0.3, -0.25) is 14.7 Å². The average molecular weight is 802 g/mol. The van der Waals surface area contributed by atoms with Gasteiger partial charge in [0.25, 0.3) is 0 Å². The molecule has 13 heteroatoms. The molecule has 5 aliphatic heterocycles. The zero-order valence-electron chi connectivity index (χ0n) is 34.2. The normalized spacial score (nSPS) is 25.2. The van der Waals surface area contributed by atoms with E-state index < -0.39 is 29.2 Å². The van der Waals surface area contributed by atoms with Crippen LogP contribution in [-0.2, 0) is 27.2 Å². The highest BCUT2D eigenvalue weighted by atomic mass is 16.7. The summed E-state index contributed by atoms with van der Waals surface area (Å²) in [5.41, 5.74) is 10.8. The number of aromatic nitrogens is 2. The number of phenols is 1. The number of rotatable bonds is 11. The number of nitrogens with two attached hydrogens (primary N) is 1. The summed E-state index contributed by atoms with van der Waals surface area (Å²) in [4.78, 5) is 42.8. The van der Waals surface area contributed by atoms with Crippen LogP contribution in [0.3, 0.4) is 0 Å². The van der Waals surface area contributed by atoms with Crippen molar-refractivity contribution < 1.29 is 33.4 Å². The van der Waals surface area contributed by atoms with Gasteiger partial charge in [0.05, 0.1) is 23.1 Å². The highest BCUT2D eigenvalue weighted by Gasteiger charge is 2.64. The van der Waals surface area contributed by atoms with Crippen molar-refractivity contribution >= 4 is 34.3 Å². The Morgan fingerprint density at radius 2 is 1.93 bits per heavy atom. The van der Waals surface area contributed by atoms with Gasteiger partial charge in [-0.15, -0.1) is 0 Å². The Morgan fingerprint density at radius 3 is 2.76 bits per heavy atom. The molecule has 0 saturated carbocycles. The number of carbonyl (C=O) groups excluding carboxylic acids is 1. The number of aromatic hydroxyl groups is 1. The fraction of sp³-hybridized carbons (Fsp3) is 0.457. The monoisotopic (exact) mass is 801 g/mol. The Bertz CT molecular complexity index is 2490. The van der Waals surface area contributed by atoms with Gasteiger partial charge in [-0.05, 0) is 95.2 Å². The number of aliphatic imine (C=N–C) groups is 1. The Kier molecular flexibility index (Phi) is 10.1. The van der Waals surface area contributed by atoms with Crippen molar-refractivity contribution in [2.75, 3.05) is 24.1 Å². The number of unbranched alkanes of at least 4 members (excludes halogenated alkanes) is 2. The standard InChI is InChI=1S/C46H52N6O7/c1-5-6-9-15-49-39-21-29(20-30(50-39)24-52-23-28-13-16-48-33(28)25-52)32-18-27(19-38(47)51-32)11-12-37-46(59-37)14-8-7-10-31-40-36(58-45(3,4)43(31)57-44(46)55)22-35-41(42(40)54)34(53)17-26(2)56-35/h13,16-23,31,37,43,54H,5-12,14-15,24-25H2,1-4H3,(H2,47,51)(H,49,50)/p+1. The molecule has 1 aromatic carbocycles. The predicted octanol–water partition coefficient (Wildman–Crippen LogP) is 6.21. The summed E-state index contributed by atoms with van der Waals surface area (Å²) < 4.78 is 25.0. The number of nitrogens with zero attached hydrogens (tertiary/aromatic N) is 3. The molecule has 3 aromatic heterocycles. The lowest BCUT2D eigenvalue weighted by molar-refractivity contribution is -0.848. The number of esters is 1. The third kappa shape index (κ3) is 7.50. The number of quaternary nitrogens is 1. The maximum Gasteiger partial charge on any atom is 0.341 e. The number of hydrogen-bond acceptors (Lipinski definition) is 12. The molecule has 5 atom stereocenters. The van der Waals surface area contributed by atoms with E-state index in [0.717, 1.165) is 79.2 Å². The van der Waals surface area contributed by atoms with Crippen molar-refractivity contribution in [3.63, 3.8) is 0 Å². The minimum absolute atomic E-state index is 0.102. The molecule has 59 heavy (non-hydrogen) atoms. The van der Waals surface area contributed by atoms with Crippen LogP contribution in [0.2, 0.25) is 0 Å². The largest absolute Gasteiger partial charge is 0.507 e. The molecule has 5 aliphatic rings. The zero-order chi connectivity index (χ0) is 41.1. The van der Waals surface area contributed by atoms with Crippen molar-refractivity contribution in [2.45, 2.75) is 121 Å². The number of nitrogens with one attached hydrogen (secondary N) is 2. The minimum Gasteiger partial charge on any atom is -0.507 e. The lowest BCUT2D eigenvalue weighted by Crippen LogP contribution is -3.05. The summed E-state index contributed by atoms with van der Waals surface area (Å²) in [6.07, 6.45) is 12.3. The number of phenolic OH excluding ortho intramolecular Hbond substituents is 1. The van der Waals surface area contributed by atoms with Gasteiger partial charge in [0, 0.05) is 41.9 Å². The molecule has 13 nitrogen and oxygen atoms in total. The molecule has 0 radical (unpaired) electrons. The number of hydrogen-bond donors (Lipinski definition) is 4. The van der Waals surface area contributed by atoms with E-state index in [9.17, 15) is 14.7 Å². The van der Waals surface area contributed by atoms with E-state index in [2.05, 4.69) is 41.6 Å². The van der Waals surface area contributed by atoms with Crippen molar-refractivity contribution in [2.24, 2.45) is 4.99 Å². The second-order valence-corrected chi connectivity index (χ2v) is 17.3. The Labute approximate surface area is 343 Å². The summed E-state index contributed by atoms with van der Waals surface area (Å²) in [7, 11) is 0. The highest BCUT2D eigenvalue weighted by Crippen LogP contribution is 2.53. The number of allylic oxidation sites excluding steroid dienone is 1. The number of carbonyl (C=O) groups is 1. The fourth-order valence-electron chi connectivity index (χ4n) is 9.53. The first kappa shape index (κ1) is 39.0. The molecule has 0 aliphatic carbocycles. The van der Waals surface area contributed by atoms with E-state index in [0.29, 0.717) is 55.1 Å². The number of pyridine rings is 2. The van der Waals surface area contributed by atoms with Crippen LogP contribution in [0.1, 0.15) is 101 Å². The van der Waals surface area contributed by atoms with E-state index in [1.54, 1.807) is 13.0 Å². The number of ether oxygens (including phenoxy) is 3. The SMILES string of the molecule is CCCCCNc1cc(-c2cc(CCC3OC34CCCCC3c5c(cc6oc(C)cc(=O)c6c5O)OC(C)(C)C3OC4=O)cc(N)n2)cc(C[NH+]2C=C3C=CN=C3C2)n1. The van der Waals surface area contributed by atoms with Crippen molar-refractivity contribution in [1.82, 2.24) is 9.97 Å². The molecule has 8 heterocycles. The third-order valence-electron chi connectivity index (χ3n) is 12.5. The zero-order valence-corrected chi connectivity index (χ0v) is 34.2. The molecule has 9 rings (SSSR count). The summed E-state index contributed by atoms with van der Waals surface area (Å²) >= 11 is 0. The van der Waals surface area contributed by atoms with Gasteiger partial charge in [-0.2, -0.15) is 0 Å². The molecule has 1 spiro atoms. The quantitative estimate of drug-likeness (QED) is 0.0770. The molecule has 4 aromatic rings. The number of anilines is 2. The Balaban J connectivity index is 0.925. The van der Waals surface area contributed by atoms with Gasteiger partial charge in [0.1, 0.15) is 76.6 Å². The maximum absolute atomic E-state index is 14.2. The second-order valence-electron chi connectivity index (χ2n) is 17.3. The Morgan fingerprint density at radius 1 is 1.07 bits per heavy atom. The fourth-order valence-corrected chi connectivity index (χ4v) is 9.53. The number of epoxide rings is 1. The molecule has 308 valence electrons. The molecule has 5 unspecified atom stereocenters. The molecular weight excluding hydrogens is 749 g/mol. The average Bonchev–Trinajstić information content (AvgIpc) is 3.46. The van der Waals surface area contributed by atoms with Crippen LogP contribution in [-0.4, -0.2) is 63.3 Å². The molecule has 2 fully saturated rings. The van der Waals surface area contributed by atoms with Crippen LogP contribution in [0.5, 0.6) is 11.5 Å². The lowest BCUT2D eigenvalue weighted by atomic mass is 9.77. The first-order valence-corrected chi connectivity index (χ1v) is 21.1. The first-order chi connectivity index (χ1) is 28.4. The van der Waals surface area contributed by atoms with Gasteiger partial charge in [-0.25, -0.2) is 14.8 Å². The molecule has 2 saturated heterocycles. The van der Waals surface area contributed by atoms with Crippen LogP contribution < -0.4 is 26.1 Å². The summed E-state index contributed by atoms with van der Waals surface area (Å²) in [6.45, 7) is 10.0. The molecule has 0 bridgehead atoms. The van der Waals surface area contributed by atoms with Gasteiger partial charge in [0.15, 0.2) is 11.0 Å². The number of nitrogen functional groups attached to an aromatic ring is 1. The predicted molar refractivity (Wildman–Crippen MR) is 225 cm³/mol. The van der Waals surface area contributed by atoms with Crippen molar-refractivity contribution in [3.8, 4) is 22.8 Å². The number of benzene rings is 1. The van der Waals surface area contributed by atoms with E-state index in [-0.39, 0.29) is 28.3 Å². The number of fused-ring (bicyclic) bond motifs is 5. The van der Waals surface area contributed by atoms with Gasteiger partial charge in [0.2, 0.25) is 0 Å². The summed E-state index contributed by atoms with van der Waals surface area (Å²) in [5, 5.41) is 15.2. The van der Waals surface area contributed by atoms with Crippen LogP contribution >= 0.6 is 0 Å². The van der Waals surface area contributed by atoms with Gasteiger partial charge in [-0.1, -0.05) is 26.2 Å². The van der Waals surface area contributed by atoms with Crippen molar-refractivity contribution in [3.05, 3.63) is 93.3 Å². The van der Waals surface area contributed by atoms with Crippen molar-refractivity contribution in [1.29, 1.82) is 0 Å². The van der Waals surface area contributed by atoms with Crippen LogP contribution in [0.4, 0.5) is 11.6 Å². The Hall–Kier alpha value is -5.53. The van der Waals surface area contributed by atoms with Gasteiger partial charge < -0.3 is 34.8 Å². The first-order valence-electron chi connectivity index (χ1n) is 21.1. The maximum atomic E-state index is 14.2. The highest BCUT2D eigenvalue weighted by molar-refractivity contribution is 6.06. The van der Waals surface area contributed by atoms with Crippen LogP contribution in [0, 0.1) is 6.92 Å². The number of aryl methyl sites for hydroxylation is 2. The van der Waals surface area contributed by atoms with Crippen LogP contribution in [0.25, 0.3) is 22.2 Å². The van der Waals surface area contributed by atoms with E-state index >= 15 is 0 Å². The smallest absolute Gasteiger partial charge is 0.341 e. The summed E-state index contributed by atoms with van der Waals surface area (Å²) in [5.74, 6) is 1.11. The molecule has 5 N–H and O–H groups in total. The molecule has 0 amide bonds. The van der Waals surface area contributed by atoms with E-state index in [4.69, 9.17) is 34.3 Å². The lowest BCUT2D eigenvalue weighted by Gasteiger charge is -2.44. The molecular formula is C46H53N6O7+. The van der Waals surface area contributed by atoms with Crippen LogP contribution in [0.15, 0.2) is 74.7 Å². The second kappa shape index (κ2) is 15.3. The third-order valence-corrected chi connectivity index (χ3v) is 12.5. The van der Waals surface area contributed by atoms with Gasteiger partial charge >= 0.3 is 5.97 Å². The minimum atomic E-state index is -1.07.